The molecule has 0 aliphatic heterocycles. The summed E-state index contributed by atoms with van der Waals surface area (Å²) in [6, 6.07) is 24.5. The fraction of sp³-hybridized carbons (Fsp3) is 0.222. The van der Waals surface area contributed by atoms with Crippen LogP contribution in [0.25, 0.3) is 11.4 Å². The zero-order chi connectivity index (χ0) is 23.6. The van der Waals surface area contributed by atoms with Crippen molar-refractivity contribution in [3.05, 3.63) is 102 Å². The van der Waals surface area contributed by atoms with Gasteiger partial charge >= 0.3 is 5.69 Å². The minimum atomic E-state index is -0.148. The van der Waals surface area contributed by atoms with Gasteiger partial charge in [0.25, 0.3) is 0 Å². The number of rotatable bonds is 12. The predicted molar refractivity (Wildman–Crippen MR) is 133 cm³/mol. The maximum absolute atomic E-state index is 13.0. The number of benzene rings is 3. The Balaban J connectivity index is 1.35. The van der Waals surface area contributed by atoms with E-state index in [4.69, 9.17) is 14.2 Å². The Labute approximate surface area is 199 Å². The summed E-state index contributed by atoms with van der Waals surface area (Å²) in [5.74, 6) is 2.25. The van der Waals surface area contributed by atoms with Gasteiger partial charge in [0.05, 0.1) is 11.4 Å². The van der Waals surface area contributed by atoms with Crippen LogP contribution in [0.1, 0.15) is 6.42 Å². The first kappa shape index (κ1) is 23.4. The molecule has 1 aromatic heterocycles. The number of methoxy groups -OCH3 is 1. The smallest absolute Gasteiger partial charge is 0.337 e. The summed E-state index contributed by atoms with van der Waals surface area (Å²) in [4.78, 5) is 13.0. The lowest BCUT2D eigenvalue weighted by molar-refractivity contribution is 0.193. The molecule has 0 atom stereocenters. The van der Waals surface area contributed by atoms with Crippen molar-refractivity contribution >= 4 is 0 Å². The molecule has 0 aliphatic rings. The molecule has 1 N–H and O–H groups in total. The van der Waals surface area contributed by atoms with E-state index in [1.165, 1.54) is 0 Å². The van der Waals surface area contributed by atoms with Gasteiger partial charge in [0.2, 0.25) is 0 Å². The second-order valence-electron chi connectivity index (χ2n) is 7.67. The Morgan fingerprint density at radius 1 is 0.706 bits per heavy atom. The molecule has 0 saturated carbocycles. The van der Waals surface area contributed by atoms with Crippen LogP contribution in [0.15, 0.2) is 96.1 Å². The number of aromatic nitrogens is 2. The number of hydrogen-bond acceptors (Lipinski definition) is 5. The van der Waals surface area contributed by atoms with Crippen molar-refractivity contribution in [2.24, 2.45) is 0 Å². The van der Waals surface area contributed by atoms with Crippen LogP contribution < -0.4 is 20.5 Å². The molecule has 0 unspecified atom stereocenters. The van der Waals surface area contributed by atoms with E-state index in [2.05, 4.69) is 5.32 Å². The second-order valence-corrected chi connectivity index (χ2v) is 7.67. The summed E-state index contributed by atoms with van der Waals surface area (Å²) in [6.45, 7) is 3.00. The zero-order valence-corrected chi connectivity index (χ0v) is 19.2. The molecule has 0 radical (unpaired) electrons. The molecule has 176 valence electrons. The van der Waals surface area contributed by atoms with E-state index in [1.807, 2.05) is 78.9 Å². The van der Waals surface area contributed by atoms with Crippen molar-refractivity contribution < 1.29 is 14.2 Å². The highest BCUT2D eigenvalue weighted by atomic mass is 16.5. The van der Waals surface area contributed by atoms with E-state index in [0.29, 0.717) is 12.4 Å². The van der Waals surface area contributed by atoms with E-state index < -0.39 is 0 Å². The van der Waals surface area contributed by atoms with Crippen LogP contribution in [0.5, 0.6) is 17.2 Å². The third-order valence-electron chi connectivity index (χ3n) is 5.24. The first-order valence-electron chi connectivity index (χ1n) is 11.3. The maximum Gasteiger partial charge on any atom is 0.337 e. The van der Waals surface area contributed by atoms with Gasteiger partial charge < -0.3 is 19.5 Å². The van der Waals surface area contributed by atoms with Crippen LogP contribution in [-0.2, 0) is 4.74 Å². The molecule has 1 heterocycles. The van der Waals surface area contributed by atoms with Crippen LogP contribution >= 0.6 is 0 Å². The van der Waals surface area contributed by atoms with Crippen molar-refractivity contribution in [1.82, 2.24) is 14.5 Å². The Morgan fingerprint density at radius 3 is 1.91 bits per heavy atom. The lowest BCUT2D eigenvalue weighted by Gasteiger charge is -2.09. The summed E-state index contributed by atoms with van der Waals surface area (Å²) in [7, 11) is 1.70. The van der Waals surface area contributed by atoms with E-state index in [-0.39, 0.29) is 5.69 Å². The highest BCUT2D eigenvalue weighted by molar-refractivity contribution is 5.41. The molecule has 4 rings (SSSR count). The Morgan fingerprint density at radius 2 is 1.29 bits per heavy atom. The van der Waals surface area contributed by atoms with Crippen molar-refractivity contribution in [2.75, 3.05) is 33.4 Å². The van der Waals surface area contributed by atoms with Crippen LogP contribution in [0.4, 0.5) is 0 Å². The highest BCUT2D eigenvalue weighted by Gasteiger charge is 2.08. The fourth-order valence-electron chi connectivity index (χ4n) is 3.48. The highest BCUT2D eigenvalue weighted by Crippen LogP contribution is 2.22. The molecule has 0 saturated heterocycles. The molecule has 0 fully saturated rings. The van der Waals surface area contributed by atoms with Crippen LogP contribution in [0, 0.1) is 0 Å². The van der Waals surface area contributed by atoms with E-state index in [1.54, 1.807) is 28.6 Å². The van der Waals surface area contributed by atoms with Gasteiger partial charge in [-0.1, -0.05) is 18.2 Å². The van der Waals surface area contributed by atoms with E-state index in [9.17, 15) is 4.79 Å². The van der Waals surface area contributed by atoms with Crippen molar-refractivity contribution in [3.63, 3.8) is 0 Å². The lowest BCUT2D eigenvalue weighted by Crippen LogP contribution is -2.23. The third kappa shape index (κ3) is 6.15. The summed E-state index contributed by atoms with van der Waals surface area (Å²) < 4.78 is 19.8. The molecule has 7 nitrogen and oxygen atoms in total. The van der Waals surface area contributed by atoms with Crippen LogP contribution in [0.3, 0.4) is 0 Å². The van der Waals surface area contributed by atoms with Gasteiger partial charge in [-0.2, -0.15) is 0 Å². The van der Waals surface area contributed by atoms with Gasteiger partial charge in [0.15, 0.2) is 0 Å². The topological polar surface area (TPSA) is 66.7 Å². The largest absolute Gasteiger partial charge is 0.492 e. The quantitative estimate of drug-likeness (QED) is 0.318. The maximum atomic E-state index is 13.0. The molecule has 7 heteroatoms. The number of para-hydroxylation sites is 1. The molecular weight excluding hydrogens is 430 g/mol. The minimum absolute atomic E-state index is 0.148. The first-order valence-corrected chi connectivity index (χ1v) is 11.3. The second kappa shape index (κ2) is 11.9. The van der Waals surface area contributed by atoms with Gasteiger partial charge in [0, 0.05) is 32.7 Å². The summed E-state index contributed by atoms with van der Waals surface area (Å²) in [5.41, 5.74) is 1.39. The molecule has 0 spiro atoms. The first-order chi connectivity index (χ1) is 16.7. The standard InChI is InChI=1S/C27H29N3O4/c1-32-20-5-16-28-17-21-33-24-12-8-22(9-13-24)29-18-19-30(27(29)31)23-10-14-26(15-11-23)34-25-6-3-2-4-7-25/h2-4,6-15,18-19,28H,5,16-17,20-21H2,1H3. The summed E-state index contributed by atoms with van der Waals surface area (Å²) in [5, 5.41) is 3.31. The Bertz CT molecular complexity index is 1200. The number of nitrogens with one attached hydrogen (secondary N) is 1. The minimum Gasteiger partial charge on any atom is -0.492 e. The fourth-order valence-corrected chi connectivity index (χ4v) is 3.48. The molecular formula is C27H29N3O4. The molecule has 0 bridgehead atoms. The Hall–Kier alpha value is -3.81. The number of imidazole rings is 1. The van der Waals surface area contributed by atoms with E-state index in [0.717, 1.165) is 49.0 Å². The molecule has 34 heavy (non-hydrogen) atoms. The average molecular weight is 460 g/mol. The summed E-state index contributed by atoms with van der Waals surface area (Å²) in [6.07, 6.45) is 4.50. The van der Waals surface area contributed by atoms with Gasteiger partial charge in [-0.25, -0.2) is 4.79 Å². The zero-order valence-electron chi connectivity index (χ0n) is 19.2. The van der Waals surface area contributed by atoms with Gasteiger partial charge in [-0.15, -0.1) is 0 Å². The third-order valence-corrected chi connectivity index (χ3v) is 5.24. The molecule has 4 aromatic rings. The molecule has 0 amide bonds. The Kier molecular flexibility index (Phi) is 8.16. The van der Waals surface area contributed by atoms with Crippen molar-refractivity contribution in [2.45, 2.75) is 6.42 Å². The average Bonchev–Trinajstić information content (AvgIpc) is 3.26. The number of hydrogen-bond donors (Lipinski definition) is 1. The summed E-state index contributed by atoms with van der Waals surface area (Å²) >= 11 is 0. The van der Waals surface area contributed by atoms with Crippen molar-refractivity contribution in [1.29, 1.82) is 0 Å². The van der Waals surface area contributed by atoms with Crippen LogP contribution in [-0.4, -0.2) is 42.5 Å². The van der Waals surface area contributed by atoms with Crippen molar-refractivity contribution in [3.8, 4) is 28.6 Å². The van der Waals surface area contributed by atoms with Gasteiger partial charge in [-0.05, 0) is 73.6 Å². The number of nitrogens with zero attached hydrogens (tertiary/aromatic N) is 2. The number of ether oxygens (including phenoxy) is 3. The van der Waals surface area contributed by atoms with Gasteiger partial charge in [-0.3, -0.25) is 9.13 Å². The molecule has 0 aliphatic carbocycles. The molecule has 3 aromatic carbocycles. The van der Waals surface area contributed by atoms with Crippen LogP contribution in [0.2, 0.25) is 0 Å². The monoisotopic (exact) mass is 459 g/mol. The predicted octanol–water partition coefficient (Wildman–Crippen LogP) is 4.43. The van der Waals surface area contributed by atoms with Gasteiger partial charge in [0.1, 0.15) is 23.9 Å². The van der Waals surface area contributed by atoms with E-state index >= 15 is 0 Å². The SMILES string of the molecule is COCCCNCCOc1ccc(-n2ccn(-c3ccc(Oc4ccccc4)cc3)c2=O)cc1. The normalized spacial score (nSPS) is 10.9. The lowest BCUT2D eigenvalue weighted by atomic mass is 10.3.